The lowest BCUT2D eigenvalue weighted by atomic mass is 10.1. The van der Waals surface area contributed by atoms with Gasteiger partial charge in [-0.05, 0) is 12.8 Å². The Labute approximate surface area is 96.4 Å². The lowest BCUT2D eigenvalue weighted by Gasteiger charge is -2.17. The first-order chi connectivity index (χ1) is 7.52. The van der Waals surface area contributed by atoms with Gasteiger partial charge < -0.3 is 16.2 Å². The zero-order valence-corrected chi connectivity index (χ0v) is 10.0. The molecule has 16 heavy (non-hydrogen) atoms. The summed E-state index contributed by atoms with van der Waals surface area (Å²) in [6.45, 7) is 3.89. The Morgan fingerprint density at radius 3 is 2.31 bits per heavy atom. The van der Waals surface area contributed by atoms with Gasteiger partial charge >= 0.3 is 5.97 Å². The van der Waals surface area contributed by atoms with Gasteiger partial charge in [-0.15, -0.1) is 0 Å². The number of aliphatic carboxylic acids is 1. The molecule has 0 aliphatic rings. The van der Waals surface area contributed by atoms with Crippen molar-refractivity contribution in [3.63, 3.8) is 0 Å². The van der Waals surface area contributed by atoms with Crippen LogP contribution in [0, 0.1) is 0 Å². The monoisotopic (exact) mass is 230 g/mol. The predicted octanol–water partition coefficient (Wildman–Crippen LogP) is 0.873. The van der Waals surface area contributed by atoms with Crippen LogP contribution in [0.25, 0.3) is 0 Å². The van der Waals surface area contributed by atoms with Crippen molar-refractivity contribution in [3.8, 4) is 0 Å². The zero-order chi connectivity index (χ0) is 12.6. The maximum Gasteiger partial charge on any atom is 0.326 e. The Bertz CT molecular complexity index is 231. The molecule has 0 fully saturated rings. The van der Waals surface area contributed by atoms with Crippen LogP contribution in [0.1, 0.15) is 46.0 Å². The second-order valence-corrected chi connectivity index (χ2v) is 3.94. The number of unbranched alkanes of at least 4 members (excludes halogenated alkanes) is 1. The van der Waals surface area contributed by atoms with E-state index in [4.69, 9.17) is 10.8 Å². The highest BCUT2D eigenvalue weighted by molar-refractivity contribution is 5.86. The van der Waals surface area contributed by atoms with Crippen molar-refractivity contribution >= 4 is 11.9 Å². The lowest BCUT2D eigenvalue weighted by Crippen LogP contribution is -2.48. The molecule has 0 bridgehead atoms. The molecular formula is C11H22N2O3. The molecule has 0 aromatic rings. The van der Waals surface area contributed by atoms with Crippen LogP contribution in [0.2, 0.25) is 0 Å². The molecule has 1 amide bonds. The van der Waals surface area contributed by atoms with E-state index in [9.17, 15) is 9.59 Å². The van der Waals surface area contributed by atoms with Gasteiger partial charge in [0.1, 0.15) is 6.04 Å². The minimum atomic E-state index is -1.00. The Hall–Kier alpha value is -1.10. The Morgan fingerprint density at radius 1 is 1.25 bits per heavy atom. The number of carboxylic acid groups (broad SMARTS) is 1. The summed E-state index contributed by atoms with van der Waals surface area (Å²) in [5, 5.41) is 11.3. The molecule has 0 radical (unpaired) electrons. The van der Waals surface area contributed by atoms with Crippen molar-refractivity contribution in [2.24, 2.45) is 5.73 Å². The minimum Gasteiger partial charge on any atom is -0.480 e. The second-order valence-electron chi connectivity index (χ2n) is 3.94. The summed E-state index contributed by atoms with van der Waals surface area (Å²) in [7, 11) is 0. The summed E-state index contributed by atoms with van der Waals surface area (Å²) >= 11 is 0. The molecule has 2 atom stereocenters. The van der Waals surface area contributed by atoms with E-state index in [0.717, 1.165) is 12.8 Å². The van der Waals surface area contributed by atoms with Gasteiger partial charge in [0.15, 0.2) is 0 Å². The van der Waals surface area contributed by atoms with E-state index in [0.29, 0.717) is 19.3 Å². The summed E-state index contributed by atoms with van der Waals surface area (Å²) in [6, 6.07) is -1.41. The number of rotatable bonds is 8. The van der Waals surface area contributed by atoms with Gasteiger partial charge in [-0.3, -0.25) is 4.79 Å². The Morgan fingerprint density at radius 2 is 1.88 bits per heavy atom. The number of carbonyl (C=O) groups is 2. The van der Waals surface area contributed by atoms with E-state index >= 15 is 0 Å². The highest BCUT2D eigenvalue weighted by Crippen LogP contribution is 2.01. The third-order valence-electron chi connectivity index (χ3n) is 2.40. The topological polar surface area (TPSA) is 92.4 Å². The normalized spacial score (nSPS) is 14.2. The van der Waals surface area contributed by atoms with Gasteiger partial charge in [0.2, 0.25) is 5.91 Å². The third kappa shape index (κ3) is 5.70. The lowest BCUT2D eigenvalue weighted by molar-refractivity contribution is -0.142. The van der Waals surface area contributed by atoms with Crippen LogP contribution < -0.4 is 11.1 Å². The molecule has 0 aliphatic carbocycles. The Kier molecular flexibility index (Phi) is 7.54. The molecule has 0 aromatic heterocycles. The fraction of sp³-hybridized carbons (Fsp3) is 0.818. The van der Waals surface area contributed by atoms with E-state index in [1.54, 1.807) is 0 Å². The van der Waals surface area contributed by atoms with Crippen LogP contribution in [0.3, 0.4) is 0 Å². The highest BCUT2D eigenvalue weighted by Gasteiger charge is 2.21. The van der Waals surface area contributed by atoms with Gasteiger partial charge in [-0.25, -0.2) is 4.79 Å². The number of nitrogens with one attached hydrogen (secondary N) is 1. The molecule has 94 valence electrons. The smallest absolute Gasteiger partial charge is 0.326 e. The summed E-state index contributed by atoms with van der Waals surface area (Å²) in [5.74, 6) is -1.37. The minimum absolute atomic E-state index is 0.366. The van der Waals surface area contributed by atoms with Crippen molar-refractivity contribution in [1.29, 1.82) is 0 Å². The maximum atomic E-state index is 11.5. The largest absolute Gasteiger partial charge is 0.480 e. The van der Waals surface area contributed by atoms with E-state index in [1.165, 1.54) is 0 Å². The molecule has 0 heterocycles. The number of amides is 1. The van der Waals surface area contributed by atoms with Crippen molar-refractivity contribution in [2.45, 2.75) is 58.0 Å². The average molecular weight is 230 g/mol. The molecule has 0 spiro atoms. The fourth-order valence-electron chi connectivity index (χ4n) is 1.38. The standard InChI is InChI=1S/C11H22N2O3/c1-3-5-7-8(12)10(14)13-9(6-4-2)11(15)16/h8-9H,3-7,12H2,1-2H3,(H,13,14)(H,15,16)/t8-,9-/m0/s1. The summed E-state index contributed by atoms with van der Waals surface area (Å²) in [4.78, 5) is 22.3. The molecule has 0 rings (SSSR count). The highest BCUT2D eigenvalue weighted by atomic mass is 16.4. The first kappa shape index (κ1) is 14.9. The van der Waals surface area contributed by atoms with Crippen molar-refractivity contribution in [3.05, 3.63) is 0 Å². The average Bonchev–Trinajstić information content (AvgIpc) is 2.24. The number of carboxylic acids is 1. The zero-order valence-electron chi connectivity index (χ0n) is 10.0. The van der Waals surface area contributed by atoms with Crippen LogP contribution in [0.5, 0.6) is 0 Å². The van der Waals surface area contributed by atoms with Crippen molar-refractivity contribution in [2.75, 3.05) is 0 Å². The molecule has 5 heteroatoms. The van der Waals surface area contributed by atoms with Crippen molar-refractivity contribution < 1.29 is 14.7 Å². The quantitative estimate of drug-likeness (QED) is 0.577. The molecule has 0 saturated heterocycles. The molecule has 0 unspecified atom stereocenters. The molecule has 0 saturated carbocycles. The number of hydrogen-bond acceptors (Lipinski definition) is 3. The molecular weight excluding hydrogens is 208 g/mol. The van der Waals surface area contributed by atoms with Crippen LogP contribution in [-0.2, 0) is 9.59 Å². The summed E-state index contributed by atoms with van der Waals surface area (Å²) in [6.07, 6.45) is 3.59. The maximum absolute atomic E-state index is 11.5. The summed E-state index contributed by atoms with van der Waals surface area (Å²) in [5.41, 5.74) is 5.64. The SMILES string of the molecule is CCCC[C@H](N)C(=O)N[C@@H](CCC)C(=O)O. The van der Waals surface area contributed by atoms with Crippen molar-refractivity contribution in [1.82, 2.24) is 5.32 Å². The number of hydrogen-bond donors (Lipinski definition) is 3. The first-order valence-corrected chi connectivity index (χ1v) is 5.81. The Balaban J connectivity index is 4.12. The van der Waals surface area contributed by atoms with Gasteiger partial charge in [0.05, 0.1) is 6.04 Å². The number of nitrogens with two attached hydrogens (primary N) is 1. The van der Waals surface area contributed by atoms with E-state index in [2.05, 4.69) is 5.32 Å². The van der Waals surface area contributed by atoms with Gasteiger partial charge in [-0.1, -0.05) is 33.1 Å². The second kappa shape index (κ2) is 8.10. The summed E-state index contributed by atoms with van der Waals surface area (Å²) < 4.78 is 0. The van der Waals surface area contributed by atoms with Gasteiger partial charge in [0, 0.05) is 0 Å². The van der Waals surface area contributed by atoms with E-state index in [1.807, 2.05) is 13.8 Å². The molecule has 5 nitrogen and oxygen atoms in total. The van der Waals surface area contributed by atoms with Crippen LogP contribution in [-0.4, -0.2) is 29.1 Å². The van der Waals surface area contributed by atoms with Gasteiger partial charge in [-0.2, -0.15) is 0 Å². The molecule has 0 aliphatic heterocycles. The van der Waals surface area contributed by atoms with Gasteiger partial charge in [0.25, 0.3) is 0 Å². The van der Waals surface area contributed by atoms with E-state index < -0.39 is 18.1 Å². The third-order valence-corrected chi connectivity index (χ3v) is 2.40. The van der Waals surface area contributed by atoms with E-state index in [-0.39, 0.29) is 5.91 Å². The first-order valence-electron chi connectivity index (χ1n) is 5.81. The van der Waals surface area contributed by atoms with Crippen LogP contribution in [0.4, 0.5) is 0 Å². The number of carbonyl (C=O) groups excluding carboxylic acids is 1. The molecule has 4 N–H and O–H groups in total. The van der Waals surface area contributed by atoms with Crippen LogP contribution >= 0.6 is 0 Å². The fourth-order valence-corrected chi connectivity index (χ4v) is 1.38. The predicted molar refractivity (Wildman–Crippen MR) is 62.0 cm³/mol. The van der Waals surface area contributed by atoms with Crippen LogP contribution in [0.15, 0.2) is 0 Å². The molecule has 0 aromatic carbocycles.